The number of nitrogens with two attached hydrogens (primary N) is 1. The minimum atomic E-state index is -4.08. The van der Waals surface area contributed by atoms with Crippen molar-refractivity contribution in [2.45, 2.75) is 25.1 Å². The highest BCUT2D eigenvalue weighted by Crippen LogP contribution is 2.29. The van der Waals surface area contributed by atoms with Crippen molar-refractivity contribution in [2.75, 3.05) is 20.1 Å². The van der Waals surface area contributed by atoms with Crippen LogP contribution in [0.25, 0.3) is 0 Å². The molecule has 2 atom stereocenters. The Bertz CT molecular complexity index is 169. The topological polar surface area (TPSA) is 29.3 Å². The van der Waals surface area contributed by atoms with Crippen LogP contribution >= 0.6 is 0 Å². The summed E-state index contributed by atoms with van der Waals surface area (Å²) in [5.41, 5.74) is 5.62. The molecule has 5 heteroatoms. The SMILES string of the molecule is CN1CCC(N)C(CC(F)(F)F)C1. The van der Waals surface area contributed by atoms with Crippen molar-refractivity contribution in [3.8, 4) is 0 Å². The number of likely N-dealkylation sites (tertiary alicyclic amines) is 1. The van der Waals surface area contributed by atoms with Crippen LogP contribution in [0.4, 0.5) is 13.2 Å². The van der Waals surface area contributed by atoms with Gasteiger partial charge in [0.05, 0.1) is 0 Å². The molecule has 78 valence electrons. The highest BCUT2D eigenvalue weighted by molar-refractivity contribution is 4.83. The van der Waals surface area contributed by atoms with Crippen LogP contribution in [0.3, 0.4) is 0 Å². The van der Waals surface area contributed by atoms with E-state index in [1.165, 1.54) is 0 Å². The molecule has 1 saturated heterocycles. The van der Waals surface area contributed by atoms with Gasteiger partial charge >= 0.3 is 6.18 Å². The molecule has 2 N–H and O–H groups in total. The van der Waals surface area contributed by atoms with Crippen LogP contribution in [0, 0.1) is 5.92 Å². The van der Waals surface area contributed by atoms with Gasteiger partial charge in [0.1, 0.15) is 0 Å². The quantitative estimate of drug-likeness (QED) is 0.683. The predicted octanol–water partition coefficient (Wildman–Crippen LogP) is 1.22. The van der Waals surface area contributed by atoms with Crippen LogP contribution < -0.4 is 5.73 Å². The fraction of sp³-hybridized carbons (Fsp3) is 1.00. The monoisotopic (exact) mass is 196 g/mol. The van der Waals surface area contributed by atoms with Crippen LogP contribution in [-0.2, 0) is 0 Å². The molecule has 1 rings (SSSR count). The van der Waals surface area contributed by atoms with Crippen LogP contribution in [0.2, 0.25) is 0 Å². The molecular weight excluding hydrogens is 181 g/mol. The average Bonchev–Trinajstić information content (AvgIpc) is 1.94. The van der Waals surface area contributed by atoms with Gasteiger partial charge in [-0.25, -0.2) is 0 Å². The molecule has 0 bridgehead atoms. The summed E-state index contributed by atoms with van der Waals surface area (Å²) in [6, 6.07) is -0.294. The van der Waals surface area contributed by atoms with Crippen molar-refractivity contribution in [3.63, 3.8) is 0 Å². The normalized spacial score (nSPS) is 32.1. The maximum atomic E-state index is 12.1. The molecule has 0 saturated carbocycles. The Morgan fingerprint density at radius 1 is 1.46 bits per heavy atom. The second-order valence-electron chi connectivity index (χ2n) is 3.79. The highest BCUT2D eigenvalue weighted by Gasteiger charge is 2.36. The van der Waals surface area contributed by atoms with Crippen molar-refractivity contribution in [1.82, 2.24) is 4.90 Å². The molecule has 13 heavy (non-hydrogen) atoms. The van der Waals surface area contributed by atoms with Gasteiger partial charge < -0.3 is 10.6 Å². The van der Waals surface area contributed by atoms with Gasteiger partial charge in [0.15, 0.2) is 0 Å². The summed E-state index contributed by atoms with van der Waals surface area (Å²) in [6.07, 6.45) is -4.17. The van der Waals surface area contributed by atoms with E-state index in [1.807, 2.05) is 11.9 Å². The van der Waals surface area contributed by atoms with Crippen LogP contribution in [0.1, 0.15) is 12.8 Å². The first-order chi connectivity index (χ1) is 5.88. The molecule has 0 aromatic heterocycles. The molecule has 1 aliphatic rings. The fourth-order valence-electron chi connectivity index (χ4n) is 1.75. The van der Waals surface area contributed by atoms with Crippen molar-refractivity contribution in [2.24, 2.45) is 11.7 Å². The summed E-state index contributed by atoms with van der Waals surface area (Å²) >= 11 is 0. The molecule has 0 spiro atoms. The maximum absolute atomic E-state index is 12.1. The Labute approximate surface area is 75.9 Å². The molecule has 2 nitrogen and oxygen atoms in total. The van der Waals surface area contributed by atoms with E-state index in [-0.39, 0.29) is 6.04 Å². The lowest BCUT2D eigenvalue weighted by atomic mass is 9.90. The Morgan fingerprint density at radius 2 is 2.08 bits per heavy atom. The van der Waals surface area contributed by atoms with E-state index < -0.39 is 18.5 Å². The fourth-order valence-corrected chi connectivity index (χ4v) is 1.75. The smallest absolute Gasteiger partial charge is 0.327 e. The van der Waals surface area contributed by atoms with Gasteiger partial charge in [0, 0.05) is 19.0 Å². The number of nitrogens with zero attached hydrogens (tertiary/aromatic N) is 1. The zero-order chi connectivity index (χ0) is 10.1. The lowest BCUT2D eigenvalue weighted by molar-refractivity contribution is -0.149. The zero-order valence-electron chi connectivity index (χ0n) is 7.64. The largest absolute Gasteiger partial charge is 0.389 e. The summed E-state index contributed by atoms with van der Waals surface area (Å²) in [4.78, 5) is 1.90. The number of hydrogen-bond donors (Lipinski definition) is 1. The van der Waals surface area contributed by atoms with Crippen LogP contribution in [0.15, 0.2) is 0 Å². The van der Waals surface area contributed by atoms with E-state index in [4.69, 9.17) is 5.73 Å². The van der Waals surface area contributed by atoms with Crippen LogP contribution in [0.5, 0.6) is 0 Å². The van der Waals surface area contributed by atoms with E-state index in [2.05, 4.69) is 0 Å². The maximum Gasteiger partial charge on any atom is 0.389 e. The van der Waals surface area contributed by atoms with Crippen molar-refractivity contribution in [3.05, 3.63) is 0 Å². The second-order valence-corrected chi connectivity index (χ2v) is 3.79. The van der Waals surface area contributed by atoms with Crippen molar-refractivity contribution in [1.29, 1.82) is 0 Å². The summed E-state index contributed by atoms with van der Waals surface area (Å²) in [6.45, 7) is 1.26. The summed E-state index contributed by atoms with van der Waals surface area (Å²) < 4.78 is 36.2. The lowest BCUT2D eigenvalue weighted by Gasteiger charge is -2.35. The molecule has 0 aliphatic carbocycles. The first kappa shape index (κ1) is 10.8. The molecule has 0 aromatic carbocycles. The number of hydrogen-bond acceptors (Lipinski definition) is 2. The molecule has 1 fully saturated rings. The van der Waals surface area contributed by atoms with Crippen molar-refractivity contribution < 1.29 is 13.2 Å². The van der Waals surface area contributed by atoms with Gasteiger partial charge in [-0.15, -0.1) is 0 Å². The lowest BCUT2D eigenvalue weighted by Crippen LogP contribution is -2.46. The van der Waals surface area contributed by atoms with Gasteiger partial charge in [-0.1, -0.05) is 0 Å². The Hall–Kier alpha value is -0.290. The molecule has 0 radical (unpaired) electrons. The van der Waals surface area contributed by atoms with Gasteiger partial charge in [-0.2, -0.15) is 13.2 Å². The standard InChI is InChI=1S/C8H15F3N2/c1-13-3-2-7(12)6(5-13)4-8(9,10)11/h6-7H,2-5,12H2,1H3. The van der Waals surface area contributed by atoms with Gasteiger partial charge in [0.2, 0.25) is 0 Å². The van der Waals surface area contributed by atoms with E-state index in [1.54, 1.807) is 0 Å². The summed E-state index contributed by atoms with van der Waals surface area (Å²) in [7, 11) is 1.83. The zero-order valence-corrected chi connectivity index (χ0v) is 7.64. The second kappa shape index (κ2) is 3.84. The molecule has 1 heterocycles. The van der Waals surface area contributed by atoms with E-state index in [0.717, 1.165) is 6.54 Å². The number of halogens is 3. The average molecular weight is 196 g/mol. The summed E-state index contributed by atoms with van der Waals surface area (Å²) in [5, 5.41) is 0. The van der Waals surface area contributed by atoms with Gasteiger partial charge in [-0.3, -0.25) is 0 Å². The minimum absolute atomic E-state index is 0.294. The minimum Gasteiger partial charge on any atom is -0.327 e. The van der Waals surface area contributed by atoms with Gasteiger partial charge in [-0.05, 0) is 25.9 Å². The molecular formula is C8H15F3N2. The Morgan fingerprint density at radius 3 is 2.62 bits per heavy atom. The van der Waals surface area contributed by atoms with Crippen molar-refractivity contribution >= 4 is 0 Å². The molecule has 2 unspecified atom stereocenters. The van der Waals surface area contributed by atoms with E-state index in [0.29, 0.717) is 13.0 Å². The number of alkyl halides is 3. The third-order valence-corrected chi connectivity index (χ3v) is 2.49. The number of rotatable bonds is 1. The third kappa shape index (κ3) is 3.52. The van der Waals surface area contributed by atoms with E-state index in [9.17, 15) is 13.2 Å². The molecule has 0 aromatic rings. The van der Waals surface area contributed by atoms with E-state index >= 15 is 0 Å². The Kier molecular flexibility index (Phi) is 3.18. The third-order valence-electron chi connectivity index (χ3n) is 2.49. The first-order valence-electron chi connectivity index (χ1n) is 4.39. The predicted molar refractivity (Wildman–Crippen MR) is 44.3 cm³/mol. The molecule has 0 amide bonds. The Balaban J connectivity index is 2.47. The highest BCUT2D eigenvalue weighted by atomic mass is 19.4. The summed E-state index contributed by atoms with van der Waals surface area (Å²) in [5.74, 6) is -0.432. The number of piperidine rings is 1. The van der Waals surface area contributed by atoms with Gasteiger partial charge in [0.25, 0.3) is 0 Å². The molecule has 1 aliphatic heterocycles. The first-order valence-corrected chi connectivity index (χ1v) is 4.39. The van der Waals surface area contributed by atoms with Crippen LogP contribution in [-0.4, -0.2) is 37.3 Å².